The van der Waals surface area contributed by atoms with Crippen LogP contribution in [0.4, 0.5) is 4.39 Å². The van der Waals surface area contributed by atoms with Crippen LogP contribution in [-0.2, 0) is 0 Å². The third-order valence-electron chi connectivity index (χ3n) is 2.01. The summed E-state index contributed by atoms with van der Waals surface area (Å²) in [5, 5.41) is 17.8. The van der Waals surface area contributed by atoms with Gasteiger partial charge in [-0.15, -0.1) is 0 Å². The van der Waals surface area contributed by atoms with Crippen LogP contribution in [0.1, 0.15) is 19.8 Å². The maximum atomic E-state index is 13.2. The van der Waals surface area contributed by atoms with Crippen LogP contribution in [0.2, 0.25) is 0 Å². The van der Waals surface area contributed by atoms with E-state index in [0.717, 1.165) is 18.9 Å². The SMILES string of the molecule is CCCCOc1cc(B(O)O)ccc1F. The van der Waals surface area contributed by atoms with E-state index >= 15 is 0 Å². The summed E-state index contributed by atoms with van der Waals surface area (Å²) in [7, 11) is -1.60. The van der Waals surface area contributed by atoms with E-state index in [1.54, 1.807) is 0 Å². The van der Waals surface area contributed by atoms with Gasteiger partial charge in [-0.3, -0.25) is 0 Å². The molecule has 82 valence electrons. The second kappa shape index (κ2) is 5.73. The highest BCUT2D eigenvalue weighted by atomic mass is 19.1. The molecule has 3 nitrogen and oxygen atoms in total. The van der Waals surface area contributed by atoms with Gasteiger partial charge in [0.2, 0.25) is 0 Å². The van der Waals surface area contributed by atoms with E-state index in [1.807, 2.05) is 6.92 Å². The lowest BCUT2D eigenvalue weighted by Crippen LogP contribution is -2.29. The predicted molar refractivity (Wildman–Crippen MR) is 56.6 cm³/mol. The van der Waals surface area contributed by atoms with Crippen LogP contribution in [0.3, 0.4) is 0 Å². The Morgan fingerprint density at radius 3 is 2.73 bits per heavy atom. The number of hydrogen-bond donors (Lipinski definition) is 2. The summed E-state index contributed by atoms with van der Waals surface area (Å²) >= 11 is 0. The van der Waals surface area contributed by atoms with E-state index in [2.05, 4.69) is 0 Å². The van der Waals surface area contributed by atoms with Crippen LogP contribution in [0, 0.1) is 5.82 Å². The molecule has 0 spiro atoms. The average molecular weight is 212 g/mol. The summed E-state index contributed by atoms with van der Waals surface area (Å²) < 4.78 is 18.3. The molecule has 0 aliphatic carbocycles. The molecule has 0 aliphatic heterocycles. The summed E-state index contributed by atoms with van der Waals surface area (Å²) in [4.78, 5) is 0. The molecule has 2 N–H and O–H groups in total. The molecule has 0 saturated carbocycles. The largest absolute Gasteiger partial charge is 0.491 e. The van der Waals surface area contributed by atoms with E-state index in [9.17, 15) is 4.39 Å². The van der Waals surface area contributed by atoms with Crippen molar-refractivity contribution in [3.63, 3.8) is 0 Å². The van der Waals surface area contributed by atoms with Crippen LogP contribution in [0.5, 0.6) is 5.75 Å². The fourth-order valence-corrected chi connectivity index (χ4v) is 1.12. The summed E-state index contributed by atoms with van der Waals surface area (Å²) in [5.41, 5.74) is 0.225. The van der Waals surface area contributed by atoms with Crippen LogP contribution in [0.15, 0.2) is 18.2 Å². The number of benzene rings is 1. The summed E-state index contributed by atoms with van der Waals surface area (Å²) in [6.07, 6.45) is 1.80. The minimum atomic E-state index is -1.60. The first kappa shape index (κ1) is 12.0. The van der Waals surface area contributed by atoms with Crippen molar-refractivity contribution in [3.8, 4) is 5.75 Å². The van der Waals surface area contributed by atoms with Gasteiger partial charge in [0.15, 0.2) is 11.6 Å². The minimum absolute atomic E-state index is 0.0639. The zero-order chi connectivity index (χ0) is 11.3. The Balaban J connectivity index is 2.72. The quantitative estimate of drug-likeness (QED) is 0.557. The smallest absolute Gasteiger partial charge is 0.488 e. The van der Waals surface area contributed by atoms with Gasteiger partial charge in [-0.25, -0.2) is 4.39 Å². The van der Waals surface area contributed by atoms with Crippen molar-refractivity contribution in [2.75, 3.05) is 6.61 Å². The van der Waals surface area contributed by atoms with E-state index in [1.165, 1.54) is 12.1 Å². The molecule has 0 atom stereocenters. The molecule has 1 aromatic rings. The van der Waals surface area contributed by atoms with Gasteiger partial charge in [-0.05, 0) is 24.0 Å². The maximum absolute atomic E-state index is 13.2. The minimum Gasteiger partial charge on any atom is -0.491 e. The number of hydrogen-bond acceptors (Lipinski definition) is 3. The highest BCUT2D eigenvalue weighted by molar-refractivity contribution is 6.58. The fourth-order valence-electron chi connectivity index (χ4n) is 1.12. The van der Waals surface area contributed by atoms with Crippen molar-refractivity contribution in [2.45, 2.75) is 19.8 Å². The van der Waals surface area contributed by atoms with Gasteiger partial charge in [0.1, 0.15) is 0 Å². The number of unbranched alkanes of at least 4 members (excludes halogenated alkanes) is 1. The first-order valence-electron chi connectivity index (χ1n) is 4.93. The van der Waals surface area contributed by atoms with Gasteiger partial charge in [-0.1, -0.05) is 19.4 Å². The van der Waals surface area contributed by atoms with Crippen molar-refractivity contribution in [1.29, 1.82) is 0 Å². The fraction of sp³-hybridized carbons (Fsp3) is 0.400. The molecule has 5 heteroatoms. The lowest BCUT2D eigenvalue weighted by Gasteiger charge is -2.08. The van der Waals surface area contributed by atoms with E-state index in [0.29, 0.717) is 6.61 Å². The molecule has 0 saturated heterocycles. The predicted octanol–water partition coefficient (Wildman–Crippen LogP) is 0.684. The molecule has 1 aromatic carbocycles. The monoisotopic (exact) mass is 212 g/mol. The third-order valence-corrected chi connectivity index (χ3v) is 2.01. The Bertz CT molecular complexity index is 318. The van der Waals surface area contributed by atoms with Gasteiger partial charge in [0.25, 0.3) is 0 Å². The molecule has 0 aliphatic rings. The molecule has 0 fully saturated rings. The Hall–Kier alpha value is -1.07. The van der Waals surface area contributed by atoms with Crippen molar-refractivity contribution in [1.82, 2.24) is 0 Å². The van der Waals surface area contributed by atoms with Gasteiger partial charge in [-0.2, -0.15) is 0 Å². The number of halogens is 1. The molecule has 0 aromatic heterocycles. The Morgan fingerprint density at radius 2 is 2.13 bits per heavy atom. The molecule has 0 amide bonds. The molecule has 0 radical (unpaired) electrons. The van der Waals surface area contributed by atoms with E-state index in [-0.39, 0.29) is 11.2 Å². The molecular weight excluding hydrogens is 198 g/mol. The van der Waals surface area contributed by atoms with Crippen molar-refractivity contribution < 1.29 is 19.2 Å². The number of ether oxygens (including phenoxy) is 1. The van der Waals surface area contributed by atoms with Crippen LogP contribution >= 0.6 is 0 Å². The molecule has 0 bridgehead atoms. The average Bonchev–Trinajstić information content (AvgIpc) is 2.20. The Labute approximate surface area is 88.7 Å². The second-order valence-electron chi connectivity index (χ2n) is 3.27. The third kappa shape index (κ3) is 3.53. The molecular formula is C10H14BFO3. The van der Waals surface area contributed by atoms with Gasteiger partial charge < -0.3 is 14.8 Å². The molecule has 0 unspecified atom stereocenters. The van der Waals surface area contributed by atoms with Gasteiger partial charge >= 0.3 is 7.12 Å². The van der Waals surface area contributed by atoms with E-state index in [4.69, 9.17) is 14.8 Å². The van der Waals surface area contributed by atoms with Crippen molar-refractivity contribution in [3.05, 3.63) is 24.0 Å². The Morgan fingerprint density at radius 1 is 1.40 bits per heavy atom. The first-order valence-corrected chi connectivity index (χ1v) is 4.93. The standard InChI is InChI=1S/C10H14BFO3/c1-2-3-6-15-10-7-8(11(13)14)4-5-9(10)12/h4-5,7,13-14H,2-3,6H2,1H3. The van der Waals surface area contributed by atoms with Gasteiger partial charge in [0, 0.05) is 0 Å². The maximum Gasteiger partial charge on any atom is 0.488 e. The molecule has 15 heavy (non-hydrogen) atoms. The van der Waals surface area contributed by atoms with Crippen LogP contribution in [0.25, 0.3) is 0 Å². The summed E-state index contributed by atoms with van der Waals surface area (Å²) in [5.74, 6) is -0.426. The summed E-state index contributed by atoms with van der Waals surface area (Å²) in [6.45, 7) is 2.44. The molecule has 1 rings (SSSR count). The molecule has 0 heterocycles. The normalized spacial score (nSPS) is 10.1. The zero-order valence-corrected chi connectivity index (χ0v) is 8.61. The van der Waals surface area contributed by atoms with Gasteiger partial charge in [0.05, 0.1) is 6.61 Å². The lowest BCUT2D eigenvalue weighted by molar-refractivity contribution is 0.294. The van der Waals surface area contributed by atoms with Crippen molar-refractivity contribution >= 4 is 12.6 Å². The highest BCUT2D eigenvalue weighted by Gasteiger charge is 2.13. The Kier molecular flexibility index (Phi) is 4.58. The zero-order valence-electron chi connectivity index (χ0n) is 8.61. The van der Waals surface area contributed by atoms with Crippen LogP contribution < -0.4 is 10.2 Å². The summed E-state index contributed by atoms with van der Waals surface area (Å²) in [6, 6.07) is 3.78. The highest BCUT2D eigenvalue weighted by Crippen LogP contribution is 2.14. The lowest BCUT2D eigenvalue weighted by atomic mass is 9.80. The topological polar surface area (TPSA) is 49.7 Å². The second-order valence-corrected chi connectivity index (χ2v) is 3.27. The van der Waals surface area contributed by atoms with Crippen molar-refractivity contribution in [2.24, 2.45) is 0 Å². The van der Waals surface area contributed by atoms with E-state index < -0.39 is 12.9 Å². The van der Waals surface area contributed by atoms with Crippen LogP contribution in [-0.4, -0.2) is 23.8 Å². The first-order chi connectivity index (χ1) is 7.15. The number of rotatable bonds is 5.